The van der Waals surface area contributed by atoms with Crippen molar-refractivity contribution in [2.75, 3.05) is 6.61 Å². The highest BCUT2D eigenvalue weighted by Gasteiger charge is 2.81. The topological polar surface area (TPSA) is 96.0 Å². The predicted molar refractivity (Wildman–Crippen MR) is 98.1 cm³/mol. The molecule has 2 spiro atoms. The smallest absolute Gasteiger partial charge is 0.324 e. The minimum absolute atomic E-state index is 0.126. The number of fused-ring (bicyclic) bond motifs is 1. The van der Waals surface area contributed by atoms with Crippen LogP contribution in [0.25, 0.3) is 0 Å². The number of cyclic esters (lactones) is 1. The Kier molecular flexibility index (Phi) is 3.56. The maximum absolute atomic E-state index is 13.5. The molecule has 0 unspecified atom stereocenters. The zero-order valence-electron chi connectivity index (χ0n) is 17.0. The lowest BCUT2D eigenvalue weighted by Crippen LogP contribution is -2.71. The van der Waals surface area contributed by atoms with Gasteiger partial charge in [0.1, 0.15) is 18.8 Å². The molecule has 5 fully saturated rings. The summed E-state index contributed by atoms with van der Waals surface area (Å²) in [4.78, 5) is 51.7. The fraction of sp³-hybridized carbons (Fsp3) is 0.727. The zero-order chi connectivity index (χ0) is 20.9. The number of esters is 3. The van der Waals surface area contributed by atoms with Crippen LogP contribution < -0.4 is 0 Å². The molecule has 0 amide bonds. The highest BCUT2D eigenvalue weighted by atomic mass is 16.6. The third kappa shape index (κ3) is 1.94. The minimum atomic E-state index is -1.62. The van der Waals surface area contributed by atoms with Crippen LogP contribution in [0, 0.1) is 34.0 Å². The van der Waals surface area contributed by atoms with Gasteiger partial charge in [-0.2, -0.15) is 0 Å². The lowest BCUT2D eigenvalue weighted by molar-refractivity contribution is -0.247. The van der Waals surface area contributed by atoms with Crippen molar-refractivity contribution in [1.29, 1.82) is 0 Å². The highest BCUT2D eigenvalue weighted by Crippen LogP contribution is 2.70. The largest absolute Gasteiger partial charge is 0.465 e. The van der Waals surface area contributed by atoms with E-state index in [1.807, 2.05) is 13.8 Å². The minimum Gasteiger partial charge on any atom is -0.465 e. The molecule has 7 atom stereocenters. The first-order chi connectivity index (χ1) is 13.6. The molecule has 29 heavy (non-hydrogen) atoms. The summed E-state index contributed by atoms with van der Waals surface area (Å²) in [6.07, 6.45) is 1.09. The van der Waals surface area contributed by atoms with E-state index < -0.39 is 58.5 Å². The van der Waals surface area contributed by atoms with E-state index in [4.69, 9.17) is 14.2 Å². The molecule has 0 radical (unpaired) electrons. The van der Waals surface area contributed by atoms with Crippen LogP contribution in [0.5, 0.6) is 0 Å². The first-order valence-electron chi connectivity index (χ1n) is 10.4. The van der Waals surface area contributed by atoms with Crippen molar-refractivity contribution in [2.45, 2.75) is 58.7 Å². The van der Waals surface area contributed by atoms with Gasteiger partial charge in [-0.15, -0.1) is 0 Å². The van der Waals surface area contributed by atoms with E-state index in [0.29, 0.717) is 24.8 Å². The summed E-state index contributed by atoms with van der Waals surface area (Å²) in [5.74, 6) is -3.20. The molecule has 156 valence electrons. The van der Waals surface area contributed by atoms with E-state index in [9.17, 15) is 19.2 Å². The van der Waals surface area contributed by atoms with Crippen LogP contribution in [0.2, 0.25) is 0 Å². The van der Waals surface area contributed by atoms with Crippen molar-refractivity contribution in [1.82, 2.24) is 0 Å². The van der Waals surface area contributed by atoms with Gasteiger partial charge in [-0.3, -0.25) is 19.2 Å². The van der Waals surface area contributed by atoms with E-state index in [-0.39, 0.29) is 18.0 Å². The van der Waals surface area contributed by atoms with E-state index in [0.717, 1.165) is 6.42 Å². The van der Waals surface area contributed by atoms with Crippen molar-refractivity contribution in [3.05, 3.63) is 12.2 Å². The second kappa shape index (κ2) is 5.49. The number of hydrogen-bond acceptors (Lipinski definition) is 7. The van der Waals surface area contributed by atoms with Crippen molar-refractivity contribution in [3.8, 4) is 0 Å². The van der Waals surface area contributed by atoms with Gasteiger partial charge in [0, 0.05) is 12.8 Å². The summed E-state index contributed by atoms with van der Waals surface area (Å²) in [6, 6.07) is 0. The standard InChI is InChI=1S/C22H26O7/c1-10-12-5-6-13-21-9-27-18(25)15(21)20(3,4)8-7-14(21)29-19(26)22(13,16(10)24)17(12)28-11(2)23/h12-15,17H,1,5-9H2,2-4H3/t12-,13-,14-,15+,17+,21+,22-/m0/s1. The maximum Gasteiger partial charge on any atom is 0.324 e. The highest BCUT2D eigenvalue weighted by molar-refractivity contribution is 6.16. The predicted octanol–water partition coefficient (Wildman–Crippen LogP) is 1.97. The van der Waals surface area contributed by atoms with Crippen molar-refractivity contribution in [2.24, 2.45) is 34.0 Å². The first-order valence-corrected chi connectivity index (χ1v) is 10.4. The summed E-state index contributed by atoms with van der Waals surface area (Å²) >= 11 is 0. The Morgan fingerprint density at radius 2 is 1.90 bits per heavy atom. The molecular formula is C22H26O7. The van der Waals surface area contributed by atoms with Crippen LogP contribution in [0.3, 0.4) is 0 Å². The fourth-order valence-corrected chi connectivity index (χ4v) is 7.46. The molecule has 2 bridgehead atoms. The third-order valence-corrected chi connectivity index (χ3v) is 8.44. The fourth-order valence-electron chi connectivity index (χ4n) is 7.46. The second-order valence-electron chi connectivity index (χ2n) is 10.1. The molecule has 0 aromatic carbocycles. The molecule has 0 aromatic rings. The molecule has 5 aliphatic rings. The van der Waals surface area contributed by atoms with Gasteiger partial charge in [-0.25, -0.2) is 0 Å². The number of Topliss-reactive ketones (excluding diaryl/α,β-unsaturated/α-hetero) is 1. The number of rotatable bonds is 1. The van der Waals surface area contributed by atoms with Gasteiger partial charge in [0.2, 0.25) is 0 Å². The molecule has 0 N–H and O–H groups in total. The second-order valence-corrected chi connectivity index (χ2v) is 10.1. The van der Waals surface area contributed by atoms with Crippen molar-refractivity contribution in [3.63, 3.8) is 0 Å². The Hall–Kier alpha value is -2.18. The van der Waals surface area contributed by atoms with Crippen LogP contribution >= 0.6 is 0 Å². The average Bonchev–Trinajstić information content (AvgIpc) is 3.05. The molecule has 2 heterocycles. The molecule has 7 nitrogen and oxygen atoms in total. The van der Waals surface area contributed by atoms with Crippen molar-refractivity contribution >= 4 is 23.7 Å². The van der Waals surface area contributed by atoms with E-state index in [1.54, 1.807) is 0 Å². The number of ketones is 1. The normalized spacial score (nSPS) is 46.9. The monoisotopic (exact) mass is 402 g/mol. The first kappa shape index (κ1) is 18.8. The number of hydrogen-bond donors (Lipinski definition) is 0. The van der Waals surface area contributed by atoms with Crippen LogP contribution in [-0.4, -0.2) is 42.5 Å². The summed E-state index contributed by atoms with van der Waals surface area (Å²) in [6.45, 7) is 9.42. The van der Waals surface area contributed by atoms with E-state index in [1.165, 1.54) is 6.92 Å². The van der Waals surface area contributed by atoms with Gasteiger partial charge in [0.15, 0.2) is 11.2 Å². The van der Waals surface area contributed by atoms with Gasteiger partial charge in [0.05, 0.1) is 11.3 Å². The molecule has 3 aliphatic carbocycles. The van der Waals surface area contributed by atoms with Crippen molar-refractivity contribution < 1.29 is 33.4 Å². The van der Waals surface area contributed by atoms with Crippen LogP contribution in [-0.2, 0) is 33.4 Å². The number of ether oxygens (including phenoxy) is 3. The summed E-state index contributed by atoms with van der Waals surface area (Å²) in [7, 11) is 0. The summed E-state index contributed by atoms with van der Waals surface area (Å²) < 4.78 is 17.1. The Labute approximate surface area is 169 Å². The zero-order valence-corrected chi connectivity index (χ0v) is 17.0. The van der Waals surface area contributed by atoms with Gasteiger partial charge in [0.25, 0.3) is 0 Å². The quantitative estimate of drug-likeness (QED) is 0.286. The van der Waals surface area contributed by atoms with Gasteiger partial charge in [-0.1, -0.05) is 20.4 Å². The number of carbonyl (C=O) groups excluding carboxylic acids is 4. The summed E-state index contributed by atoms with van der Waals surface area (Å²) in [5.41, 5.74) is -2.43. The van der Waals surface area contributed by atoms with E-state index >= 15 is 0 Å². The molecular weight excluding hydrogens is 376 g/mol. The summed E-state index contributed by atoms with van der Waals surface area (Å²) in [5, 5.41) is 0. The van der Waals surface area contributed by atoms with Crippen LogP contribution in [0.4, 0.5) is 0 Å². The maximum atomic E-state index is 13.5. The Morgan fingerprint density at radius 3 is 2.59 bits per heavy atom. The third-order valence-electron chi connectivity index (χ3n) is 8.44. The van der Waals surface area contributed by atoms with Crippen LogP contribution in [0.15, 0.2) is 12.2 Å². The van der Waals surface area contributed by atoms with Gasteiger partial charge in [-0.05, 0) is 42.6 Å². The SMILES string of the molecule is C=C1C(=O)[C@@]23C(=O)O[C@H]4CCC(C)(C)[C@H]5C(=O)OC[C@@]45[C@@H]2CC[C@@H]1[C@H]3OC(C)=O. The van der Waals surface area contributed by atoms with Gasteiger partial charge >= 0.3 is 17.9 Å². The van der Waals surface area contributed by atoms with E-state index in [2.05, 4.69) is 6.58 Å². The molecule has 2 saturated heterocycles. The number of carbonyl (C=O) groups is 4. The Balaban J connectivity index is 1.74. The Morgan fingerprint density at radius 1 is 1.17 bits per heavy atom. The average molecular weight is 402 g/mol. The lowest BCUT2D eigenvalue weighted by atomic mass is 9.43. The molecule has 7 heteroatoms. The molecule has 5 rings (SSSR count). The lowest BCUT2D eigenvalue weighted by Gasteiger charge is -2.61. The molecule has 3 saturated carbocycles. The van der Waals surface area contributed by atoms with Gasteiger partial charge < -0.3 is 14.2 Å². The molecule has 2 aliphatic heterocycles. The Bertz CT molecular complexity index is 872. The molecule has 0 aromatic heterocycles. The van der Waals surface area contributed by atoms with Crippen LogP contribution in [0.1, 0.15) is 46.5 Å².